The lowest BCUT2D eigenvalue weighted by atomic mass is 9.85. The molecule has 0 amide bonds. The van der Waals surface area contributed by atoms with Gasteiger partial charge in [-0.25, -0.2) is 4.79 Å². The molecular weight excluding hydrogens is 334 g/mol. The Morgan fingerprint density at radius 2 is 2.22 bits per heavy atom. The minimum atomic E-state index is -0.588. The predicted molar refractivity (Wildman–Crippen MR) is 92.9 cm³/mol. The Balaban J connectivity index is 2.12. The second kappa shape index (κ2) is 5.56. The molecule has 1 unspecified atom stereocenters. The largest absolute Gasteiger partial charge is 0.506 e. The summed E-state index contributed by atoms with van der Waals surface area (Å²) < 4.78 is 6.87. The highest BCUT2D eigenvalue weighted by atomic mass is 35.5. The Morgan fingerprint density at radius 3 is 2.83 bits per heavy atom. The number of thiophene rings is 1. The van der Waals surface area contributed by atoms with Gasteiger partial charge in [-0.3, -0.25) is 4.57 Å². The van der Waals surface area contributed by atoms with E-state index in [1.165, 1.54) is 21.9 Å². The lowest BCUT2D eigenvalue weighted by Gasteiger charge is -2.25. The fraction of sp³-hybridized carbons (Fsp3) is 0.471. The van der Waals surface area contributed by atoms with Crippen LogP contribution < -0.4 is 0 Å². The lowest BCUT2D eigenvalue weighted by Crippen LogP contribution is -2.28. The molecular formula is C17H20ClNO3S. The Labute approximate surface area is 144 Å². The highest BCUT2D eigenvalue weighted by Gasteiger charge is 2.34. The molecule has 1 N–H and O–H groups in total. The van der Waals surface area contributed by atoms with Gasteiger partial charge in [0.15, 0.2) is 0 Å². The number of aromatic hydroxyl groups is 1. The molecule has 4 nitrogen and oxygen atoms in total. The minimum Gasteiger partial charge on any atom is -0.506 e. The molecule has 6 heteroatoms. The van der Waals surface area contributed by atoms with Crippen molar-refractivity contribution in [2.45, 2.75) is 45.6 Å². The number of halogens is 1. The molecule has 2 heterocycles. The van der Waals surface area contributed by atoms with E-state index in [-0.39, 0.29) is 11.7 Å². The van der Waals surface area contributed by atoms with Gasteiger partial charge in [-0.05, 0) is 50.6 Å². The molecule has 0 spiro atoms. The minimum absolute atomic E-state index is 0.113. The van der Waals surface area contributed by atoms with E-state index in [2.05, 4.69) is 12.3 Å². The number of ether oxygens (including phenoxy) is 1. The maximum absolute atomic E-state index is 12.5. The molecule has 1 atom stereocenters. The summed E-state index contributed by atoms with van der Waals surface area (Å²) in [5.74, 6) is 0.729. The molecule has 0 bridgehead atoms. The maximum Gasteiger partial charge on any atom is 0.418 e. The van der Waals surface area contributed by atoms with Crippen molar-refractivity contribution in [2.75, 3.05) is 5.88 Å². The number of nitrogens with zero attached hydrogens (tertiary/aromatic N) is 1. The van der Waals surface area contributed by atoms with Crippen LogP contribution in [0.5, 0.6) is 5.75 Å². The lowest BCUT2D eigenvalue weighted by molar-refractivity contribution is 0.0532. The summed E-state index contributed by atoms with van der Waals surface area (Å²) in [5.41, 5.74) is 3.30. The highest BCUT2D eigenvalue weighted by molar-refractivity contribution is 7.14. The van der Waals surface area contributed by atoms with Gasteiger partial charge in [0, 0.05) is 22.4 Å². The molecule has 0 fully saturated rings. The van der Waals surface area contributed by atoms with E-state index in [4.69, 9.17) is 16.3 Å². The van der Waals surface area contributed by atoms with E-state index < -0.39 is 11.7 Å². The van der Waals surface area contributed by atoms with Gasteiger partial charge in [0.2, 0.25) is 0 Å². The third-order valence-corrected chi connectivity index (χ3v) is 5.47. The smallest absolute Gasteiger partial charge is 0.418 e. The first kappa shape index (κ1) is 16.4. The van der Waals surface area contributed by atoms with Crippen LogP contribution in [0.2, 0.25) is 0 Å². The standard InChI is InChI=1S/C17H20ClNO3S/c1-9-8-23-15-13(9)10(6-18)5-11-14(15)12(20)7-19(11)16(21)22-17(2,3)4/h7-8,10,20H,5-6H2,1-4H3. The van der Waals surface area contributed by atoms with Crippen molar-refractivity contribution in [3.63, 3.8) is 0 Å². The molecule has 1 aliphatic rings. The Hall–Kier alpha value is -1.46. The van der Waals surface area contributed by atoms with E-state index in [0.29, 0.717) is 12.3 Å². The number of aromatic nitrogens is 1. The molecule has 1 aliphatic carbocycles. The molecule has 3 rings (SSSR count). The summed E-state index contributed by atoms with van der Waals surface area (Å²) in [6.45, 7) is 7.52. The second-order valence-corrected chi connectivity index (χ2v) is 8.09. The summed E-state index contributed by atoms with van der Waals surface area (Å²) in [6.07, 6.45) is 1.59. The molecule has 2 aromatic rings. The Morgan fingerprint density at radius 1 is 1.52 bits per heavy atom. The van der Waals surface area contributed by atoms with Gasteiger partial charge < -0.3 is 9.84 Å². The normalized spacial score (nSPS) is 16.8. The van der Waals surface area contributed by atoms with Crippen molar-refractivity contribution in [3.8, 4) is 16.2 Å². The SMILES string of the molecule is Cc1csc2c1C(CCl)Cc1c-2c(O)cn1C(=O)OC(C)(C)C. The van der Waals surface area contributed by atoms with Crippen molar-refractivity contribution < 1.29 is 14.6 Å². The van der Waals surface area contributed by atoms with E-state index in [1.54, 1.807) is 11.3 Å². The second-order valence-electron chi connectivity index (χ2n) is 6.90. The van der Waals surface area contributed by atoms with Crippen molar-refractivity contribution in [1.82, 2.24) is 4.57 Å². The maximum atomic E-state index is 12.5. The average molecular weight is 354 g/mol. The van der Waals surface area contributed by atoms with Gasteiger partial charge >= 0.3 is 6.09 Å². The van der Waals surface area contributed by atoms with Crippen LogP contribution in [0.25, 0.3) is 10.4 Å². The number of rotatable bonds is 1. The molecule has 0 saturated carbocycles. The average Bonchev–Trinajstić information content (AvgIpc) is 2.98. The van der Waals surface area contributed by atoms with Crippen LogP contribution in [0.15, 0.2) is 11.6 Å². The van der Waals surface area contributed by atoms with Gasteiger partial charge in [-0.15, -0.1) is 22.9 Å². The first-order valence-electron chi connectivity index (χ1n) is 7.53. The van der Waals surface area contributed by atoms with Crippen LogP contribution in [0.4, 0.5) is 4.79 Å². The number of fused-ring (bicyclic) bond motifs is 3. The van der Waals surface area contributed by atoms with E-state index >= 15 is 0 Å². The van der Waals surface area contributed by atoms with Crippen molar-refractivity contribution >= 4 is 29.0 Å². The first-order chi connectivity index (χ1) is 10.7. The first-order valence-corrected chi connectivity index (χ1v) is 8.95. The summed E-state index contributed by atoms with van der Waals surface area (Å²) in [5, 5.41) is 12.5. The van der Waals surface area contributed by atoms with Crippen LogP contribution in [-0.4, -0.2) is 27.2 Å². The summed E-state index contributed by atoms with van der Waals surface area (Å²) in [4.78, 5) is 13.5. The number of aryl methyl sites for hydroxylation is 1. The van der Waals surface area contributed by atoms with E-state index in [0.717, 1.165) is 16.1 Å². The number of alkyl halides is 1. The quantitative estimate of drug-likeness (QED) is 0.742. The molecule has 23 heavy (non-hydrogen) atoms. The van der Waals surface area contributed by atoms with Gasteiger partial charge in [0.25, 0.3) is 0 Å². The Kier molecular flexibility index (Phi) is 3.97. The zero-order chi connectivity index (χ0) is 16.9. The molecule has 0 aliphatic heterocycles. The number of carbonyl (C=O) groups is 1. The summed E-state index contributed by atoms with van der Waals surface area (Å²) in [6, 6.07) is 0. The van der Waals surface area contributed by atoms with Gasteiger partial charge in [0.05, 0.1) is 11.8 Å². The topological polar surface area (TPSA) is 51.5 Å². The highest BCUT2D eigenvalue weighted by Crippen LogP contribution is 2.49. The zero-order valence-electron chi connectivity index (χ0n) is 13.6. The monoisotopic (exact) mass is 353 g/mol. The predicted octanol–water partition coefficient (Wildman–Crippen LogP) is 4.89. The van der Waals surface area contributed by atoms with Crippen LogP contribution in [0.1, 0.15) is 43.5 Å². The van der Waals surface area contributed by atoms with Crippen LogP contribution >= 0.6 is 22.9 Å². The fourth-order valence-electron chi connectivity index (χ4n) is 3.08. The molecule has 2 aromatic heterocycles. The molecule has 0 aromatic carbocycles. The van der Waals surface area contributed by atoms with Gasteiger partial charge in [0.1, 0.15) is 11.4 Å². The van der Waals surface area contributed by atoms with Crippen molar-refractivity contribution in [2.24, 2.45) is 0 Å². The summed E-state index contributed by atoms with van der Waals surface area (Å²) >= 11 is 7.75. The molecule has 0 radical (unpaired) electrons. The van der Waals surface area contributed by atoms with Crippen LogP contribution in [-0.2, 0) is 11.2 Å². The third kappa shape index (κ3) is 2.76. The Bertz CT molecular complexity index is 770. The van der Waals surface area contributed by atoms with Gasteiger partial charge in [-0.2, -0.15) is 0 Å². The summed E-state index contributed by atoms with van der Waals surface area (Å²) in [7, 11) is 0. The van der Waals surface area contributed by atoms with Crippen molar-refractivity contribution in [3.05, 3.63) is 28.4 Å². The number of carbonyl (C=O) groups excluding carboxylic acids is 1. The van der Waals surface area contributed by atoms with E-state index in [9.17, 15) is 9.90 Å². The van der Waals surface area contributed by atoms with Crippen LogP contribution in [0.3, 0.4) is 0 Å². The number of hydrogen-bond acceptors (Lipinski definition) is 4. The zero-order valence-corrected chi connectivity index (χ0v) is 15.2. The molecule has 124 valence electrons. The fourth-order valence-corrected chi connectivity index (χ4v) is 4.56. The van der Waals surface area contributed by atoms with Crippen LogP contribution in [0, 0.1) is 6.92 Å². The van der Waals surface area contributed by atoms with E-state index in [1.807, 2.05) is 20.8 Å². The third-order valence-electron chi connectivity index (χ3n) is 3.96. The van der Waals surface area contributed by atoms with Crippen molar-refractivity contribution in [1.29, 1.82) is 0 Å². The van der Waals surface area contributed by atoms with Gasteiger partial charge in [-0.1, -0.05) is 0 Å². The molecule has 0 saturated heterocycles. The number of hydrogen-bond donors (Lipinski definition) is 1.